The molecule has 1 nitrogen and oxygen atoms in total. The third-order valence-electron chi connectivity index (χ3n) is 3.35. The Bertz CT molecular complexity index is 886. The predicted molar refractivity (Wildman–Crippen MR) is 123 cm³/mol. The van der Waals surface area contributed by atoms with Crippen molar-refractivity contribution in [3.8, 4) is 6.07 Å². The van der Waals surface area contributed by atoms with Crippen molar-refractivity contribution in [2.45, 2.75) is 0 Å². The van der Waals surface area contributed by atoms with Crippen LogP contribution in [0.2, 0.25) is 0 Å². The highest BCUT2D eigenvalue weighted by Crippen LogP contribution is 2.09. The van der Waals surface area contributed by atoms with Crippen molar-refractivity contribution in [1.29, 1.82) is 5.26 Å². The molecule has 0 saturated carbocycles. The molecule has 0 bridgehead atoms. The molecule has 2 rings (SSSR count). The highest BCUT2D eigenvalue weighted by molar-refractivity contribution is 5.59. The Morgan fingerprint density at radius 3 is 1.89 bits per heavy atom. The van der Waals surface area contributed by atoms with Crippen molar-refractivity contribution in [3.63, 3.8) is 0 Å². The van der Waals surface area contributed by atoms with E-state index in [4.69, 9.17) is 5.26 Å². The van der Waals surface area contributed by atoms with Gasteiger partial charge in [0.1, 0.15) is 0 Å². The molecule has 0 aliphatic carbocycles. The molecule has 0 unspecified atom stereocenters. The van der Waals surface area contributed by atoms with Crippen molar-refractivity contribution in [2.75, 3.05) is 0 Å². The molecular formula is C27H25N. The summed E-state index contributed by atoms with van der Waals surface area (Å²) in [6.07, 6.45) is 20.4. The quantitative estimate of drug-likeness (QED) is 0.373. The lowest BCUT2D eigenvalue weighted by molar-refractivity contribution is 1.53. The Hall–Kier alpha value is -3.89. The number of benzene rings is 2. The van der Waals surface area contributed by atoms with Crippen molar-refractivity contribution in [1.82, 2.24) is 0 Å². The Morgan fingerprint density at radius 1 is 0.714 bits per heavy atom. The van der Waals surface area contributed by atoms with Gasteiger partial charge in [-0.05, 0) is 28.9 Å². The van der Waals surface area contributed by atoms with E-state index in [1.54, 1.807) is 18.2 Å². The van der Waals surface area contributed by atoms with Gasteiger partial charge in [-0.3, -0.25) is 0 Å². The molecule has 0 radical (unpaired) electrons. The van der Waals surface area contributed by atoms with Crippen molar-refractivity contribution in [3.05, 3.63) is 145 Å². The van der Waals surface area contributed by atoms with Crippen LogP contribution in [0.15, 0.2) is 134 Å². The Balaban J connectivity index is 0.000000292. The first-order valence-corrected chi connectivity index (χ1v) is 8.93. The third-order valence-corrected chi connectivity index (χ3v) is 3.35. The molecule has 2 aromatic rings. The van der Waals surface area contributed by atoms with Gasteiger partial charge in [-0.1, -0.05) is 122 Å². The minimum atomic E-state index is 0.965. The van der Waals surface area contributed by atoms with Crippen molar-refractivity contribution < 1.29 is 0 Å². The SMILES string of the molecule is C=CC=CC(C=CC#N)=Cc1ccccc1.C=CC=CC=Cc1ccccc1. The molecule has 0 heterocycles. The summed E-state index contributed by atoms with van der Waals surface area (Å²) in [7, 11) is 0. The van der Waals surface area contributed by atoms with Crippen molar-refractivity contribution in [2.24, 2.45) is 0 Å². The van der Waals surface area contributed by atoms with Crippen LogP contribution in [0.3, 0.4) is 0 Å². The zero-order chi connectivity index (χ0) is 20.3. The minimum Gasteiger partial charge on any atom is -0.193 e. The molecule has 0 spiro atoms. The molecule has 0 fully saturated rings. The molecule has 0 N–H and O–H groups in total. The number of nitriles is 1. The van der Waals surface area contributed by atoms with Gasteiger partial charge in [0.05, 0.1) is 6.07 Å². The fourth-order valence-electron chi connectivity index (χ4n) is 2.08. The monoisotopic (exact) mass is 363 g/mol. The molecule has 0 aliphatic heterocycles. The van der Waals surface area contributed by atoms with Gasteiger partial charge in [-0.25, -0.2) is 0 Å². The standard InChI is InChI=1S/C15H13N.C12H12/c1-2-3-8-14(11-7-12-16)13-15-9-5-4-6-10-15;1-2-3-4-6-9-12-10-7-5-8-11-12/h2-11,13H,1H2;2-11H,1H2. The van der Waals surface area contributed by atoms with Crippen LogP contribution in [0.25, 0.3) is 12.2 Å². The van der Waals surface area contributed by atoms with Gasteiger partial charge in [-0.2, -0.15) is 5.26 Å². The smallest absolute Gasteiger partial charge is 0.0912 e. The summed E-state index contributed by atoms with van der Waals surface area (Å²) < 4.78 is 0. The van der Waals surface area contributed by atoms with E-state index in [0.29, 0.717) is 0 Å². The fraction of sp³-hybridized carbons (Fsp3) is 0. The van der Waals surface area contributed by atoms with Crippen LogP contribution in [-0.4, -0.2) is 0 Å². The third kappa shape index (κ3) is 10.9. The van der Waals surface area contributed by atoms with Crippen LogP contribution in [0.1, 0.15) is 11.1 Å². The molecule has 0 aliphatic rings. The first-order valence-electron chi connectivity index (χ1n) is 8.93. The lowest BCUT2D eigenvalue weighted by atomic mass is 10.1. The molecule has 2 aromatic carbocycles. The maximum absolute atomic E-state index is 8.50. The number of hydrogen-bond acceptors (Lipinski definition) is 1. The van der Waals surface area contributed by atoms with Gasteiger partial charge < -0.3 is 0 Å². The zero-order valence-corrected chi connectivity index (χ0v) is 16.0. The number of allylic oxidation sites excluding steroid dienone is 10. The molecule has 138 valence electrons. The van der Waals surface area contributed by atoms with Gasteiger partial charge in [0.15, 0.2) is 0 Å². The largest absolute Gasteiger partial charge is 0.193 e. The summed E-state index contributed by atoms with van der Waals surface area (Å²) in [6, 6.07) is 22.1. The molecule has 0 amide bonds. The van der Waals surface area contributed by atoms with E-state index in [0.717, 1.165) is 11.1 Å². The Labute approximate surface area is 169 Å². The summed E-state index contributed by atoms with van der Waals surface area (Å²) in [5.74, 6) is 0. The number of nitrogens with zero attached hydrogens (tertiary/aromatic N) is 1. The molecule has 0 atom stereocenters. The van der Waals surface area contributed by atoms with Crippen LogP contribution in [0.5, 0.6) is 0 Å². The zero-order valence-electron chi connectivity index (χ0n) is 16.0. The average Bonchev–Trinajstić information content (AvgIpc) is 2.75. The average molecular weight is 364 g/mol. The summed E-state index contributed by atoms with van der Waals surface area (Å²) >= 11 is 0. The minimum absolute atomic E-state index is 0.965. The second kappa shape index (κ2) is 15.4. The van der Waals surface area contributed by atoms with Gasteiger partial charge in [0.2, 0.25) is 0 Å². The maximum Gasteiger partial charge on any atom is 0.0912 e. The van der Waals surface area contributed by atoms with Crippen LogP contribution in [0.4, 0.5) is 0 Å². The lowest BCUT2D eigenvalue weighted by Gasteiger charge is -1.95. The summed E-state index contributed by atoms with van der Waals surface area (Å²) in [6.45, 7) is 7.20. The van der Waals surface area contributed by atoms with Gasteiger partial charge >= 0.3 is 0 Å². The van der Waals surface area contributed by atoms with E-state index in [9.17, 15) is 0 Å². The fourth-order valence-corrected chi connectivity index (χ4v) is 2.08. The van der Waals surface area contributed by atoms with Gasteiger partial charge in [0.25, 0.3) is 0 Å². The summed E-state index contributed by atoms with van der Waals surface area (Å²) in [4.78, 5) is 0. The summed E-state index contributed by atoms with van der Waals surface area (Å²) in [5, 5.41) is 8.50. The van der Waals surface area contributed by atoms with Crippen LogP contribution >= 0.6 is 0 Å². The van der Waals surface area contributed by atoms with Crippen LogP contribution in [-0.2, 0) is 0 Å². The number of hydrogen-bond donors (Lipinski definition) is 0. The summed E-state index contributed by atoms with van der Waals surface area (Å²) in [5.41, 5.74) is 3.28. The number of rotatable bonds is 7. The maximum atomic E-state index is 8.50. The van der Waals surface area contributed by atoms with Gasteiger partial charge in [0, 0.05) is 6.08 Å². The lowest BCUT2D eigenvalue weighted by Crippen LogP contribution is -1.74. The highest BCUT2D eigenvalue weighted by atomic mass is 14.2. The first kappa shape index (κ1) is 22.2. The van der Waals surface area contributed by atoms with E-state index in [1.165, 1.54) is 11.6 Å². The molecule has 0 saturated heterocycles. The Kier molecular flexibility index (Phi) is 12.2. The topological polar surface area (TPSA) is 23.8 Å². The van der Waals surface area contributed by atoms with E-state index in [1.807, 2.05) is 91.1 Å². The molecule has 0 aromatic heterocycles. The van der Waals surface area contributed by atoms with E-state index < -0.39 is 0 Å². The van der Waals surface area contributed by atoms with E-state index in [-0.39, 0.29) is 0 Å². The van der Waals surface area contributed by atoms with Crippen LogP contribution < -0.4 is 0 Å². The second-order valence-corrected chi connectivity index (χ2v) is 5.50. The molecular weight excluding hydrogens is 338 g/mol. The highest BCUT2D eigenvalue weighted by Gasteiger charge is 1.88. The normalized spacial score (nSPS) is 11.5. The van der Waals surface area contributed by atoms with E-state index in [2.05, 4.69) is 31.4 Å². The Morgan fingerprint density at radius 2 is 1.32 bits per heavy atom. The van der Waals surface area contributed by atoms with Crippen LogP contribution in [0, 0.1) is 11.3 Å². The molecule has 28 heavy (non-hydrogen) atoms. The van der Waals surface area contributed by atoms with E-state index >= 15 is 0 Å². The predicted octanol–water partition coefficient (Wildman–Crippen LogP) is 7.33. The van der Waals surface area contributed by atoms with Crippen molar-refractivity contribution >= 4 is 12.2 Å². The molecule has 1 heteroatoms. The second-order valence-electron chi connectivity index (χ2n) is 5.50. The van der Waals surface area contributed by atoms with Gasteiger partial charge in [-0.15, -0.1) is 0 Å². The first-order chi connectivity index (χ1) is 13.8.